The van der Waals surface area contributed by atoms with Crippen molar-refractivity contribution in [1.82, 2.24) is 0 Å². The fraction of sp³-hybridized carbons (Fsp3) is 1.00. The van der Waals surface area contributed by atoms with Crippen molar-refractivity contribution < 1.29 is 4.74 Å². The normalized spacial score (nSPS) is 14.8. The molecule has 0 aliphatic rings. The van der Waals surface area contributed by atoms with Crippen molar-refractivity contribution in [2.45, 2.75) is 44.9 Å². The summed E-state index contributed by atoms with van der Waals surface area (Å²) in [5, 5.41) is 0. The molecule has 1 unspecified atom stereocenters. The highest BCUT2D eigenvalue weighted by atomic mass is 79.9. The summed E-state index contributed by atoms with van der Waals surface area (Å²) in [6.07, 6.45) is 3.78. The smallest absolute Gasteiger partial charge is 0.0587 e. The third-order valence-corrected chi connectivity index (χ3v) is 2.51. The highest BCUT2D eigenvalue weighted by Crippen LogP contribution is 2.23. The van der Waals surface area contributed by atoms with Crippen LogP contribution < -0.4 is 0 Å². The van der Waals surface area contributed by atoms with Gasteiger partial charge in [0.1, 0.15) is 0 Å². The summed E-state index contributed by atoms with van der Waals surface area (Å²) in [5.74, 6) is 0. The summed E-state index contributed by atoms with van der Waals surface area (Å²) in [7, 11) is 1.75. The maximum absolute atomic E-state index is 5.04. The Morgan fingerprint density at radius 1 is 1.33 bits per heavy atom. The van der Waals surface area contributed by atoms with Gasteiger partial charge in [0.2, 0.25) is 0 Å². The fourth-order valence-corrected chi connectivity index (χ4v) is 1.71. The molecule has 0 aliphatic carbocycles. The molecule has 0 saturated heterocycles. The van der Waals surface area contributed by atoms with Gasteiger partial charge in [-0.25, -0.2) is 0 Å². The third-order valence-electron chi connectivity index (χ3n) is 1.79. The third kappa shape index (κ3) is 8.54. The SMILES string of the molecule is COCC(Br)CCCC(C)(C)C. The minimum absolute atomic E-state index is 0.472. The first-order valence-corrected chi connectivity index (χ1v) is 5.50. The molecule has 0 aromatic carbocycles. The fourth-order valence-electron chi connectivity index (χ4n) is 1.12. The maximum atomic E-state index is 5.04. The van der Waals surface area contributed by atoms with Crippen LogP contribution in [0.25, 0.3) is 0 Å². The summed E-state index contributed by atoms with van der Waals surface area (Å²) >= 11 is 3.58. The second kappa shape index (κ2) is 5.98. The lowest BCUT2D eigenvalue weighted by Crippen LogP contribution is -2.09. The summed E-state index contributed by atoms with van der Waals surface area (Å²) in [6.45, 7) is 7.68. The van der Waals surface area contributed by atoms with Crippen molar-refractivity contribution in [2.24, 2.45) is 5.41 Å². The summed E-state index contributed by atoms with van der Waals surface area (Å²) in [5.41, 5.74) is 0.472. The molecule has 0 aromatic heterocycles. The van der Waals surface area contributed by atoms with Gasteiger partial charge in [-0.1, -0.05) is 43.1 Å². The van der Waals surface area contributed by atoms with Crippen molar-refractivity contribution in [3.63, 3.8) is 0 Å². The molecule has 12 heavy (non-hydrogen) atoms. The zero-order chi connectivity index (χ0) is 9.61. The molecule has 74 valence electrons. The summed E-state index contributed by atoms with van der Waals surface area (Å²) in [6, 6.07) is 0. The van der Waals surface area contributed by atoms with Gasteiger partial charge in [0.25, 0.3) is 0 Å². The lowest BCUT2D eigenvalue weighted by molar-refractivity contribution is 0.196. The van der Waals surface area contributed by atoms with Gasteiger partial charge in [0.15, 0.2) is 0 Å². The second-order valence-corrected chi connectivity index (χ2v) is 5.80. The summed E-state index contributed by atoms with van der Waals surface area (Å²) in [4.78, 5) is 0.532. The van der Waals surface area contributed by atoms with Gasteiger partial charge < -0.3 is 4.74 Å². The van der Waals surface area contributed by atoms with E-state index in [9.17, 15) is 0 Å². The molecule has 0 saturated carbocycles. The van der Waals surface area contributed by atoms with E-state index in [1.807, 2.05) is 0 Å². The number of methoxy groups -OCH3 is 1. The van der Waals surface area contributed by atoms with Crippen molar-refractivity contribution in [3.8, 4) is 0 Å². The van der Waals surface area contributed by atoms with Crippen LogP contribution in [0.3, 0.4) is 0 Å². The van der Waals surface area contributed by atoms with Gasteiger partial charge in [-0.2, -0.15) is 0 Å². The molecular weight excluding hydrogens is 216 g/mol. The van der Waals surface area contributed by atoms with E-state index < -0.39 is 0 Å². The summed E-state index contributed by atoms with van der Waals surface area (Å²) < 4.78 is 5.04. The largest absolute Gasteiger partial charge is 0.384 e. The lowest BCUT2D eigenvalue weighted by Gasteiger charge is -2.18. The van der Waals surface area contributed by atoms with Crippen LogP contribution >= 0.6 is 15.9 Å². The van der Waals surface area contributed by atoms with E-state index in [1.165, 1.54) is 19.3 Å². The Bertz CT molecular complexity index is 107. The van der Waals surface area contributed by atoms with E-state index in [-0.39, 0.29) is 0 Å². The number of ether oxygens (including phenoxy) is 1. The van der Waals surface area contributed by atoms with Crippen LogP contribution in [0.4, 0.5) is 0 Å². The van der Waals surface area contributed by atoms with Crippen LogP contribution in [0, 0.1) is 5.41 Å². The van der Waals surface area contributed by atoms with Gasteiger partial charge in [-0.15, -0.1) is 0 Å². The molecule has 0 amide bonds. The van der Waals surface area contributed by atoms with Gasteiger partial charge >= 0.3 is 0 Å². The maximum Gasteiger partial charge on any atom is 0.0587 e. The Hall–Kier alpha value is 0.440. The van der Waals surface area contributed by atoms with Crippen molar-refractivity contribution >= 4 is 15.9 Å². The zero-order valence-corrected chi connectivity index (χ0v) is 10.3. The van der Waals surface area contributed by atoms with E-state index in [2.05, 4.69) is 36.7 Å². The molecule has 1 atom stereocenters. The Morgan fingerprint density at radius 3 is 2.33 bits per heavy atom. The van der Waals surface area contributed by atoms with E-state index in [0.29, 0.717) is 10.2 Å². The Morgan fingerprint density at radius 2 is 1.92 bits per heavy atom. The average molecular weight is 237 g/mol. The van der Waals surface area contributed by atoms with Crippen LogP contribution in [0.2, 0.25) is 0 Å². The van der Waals surface area contributed by atoms with Crippen LogP contribution in [-0.2, 0) is 4.74 Å². The molecule has 0 fully saturated rings. The van der Waals surface area contributed by atoms with Crippen LogP contribution in [-0.4, -0.2) is 18.5 Å². The molecule has 0 heterocycles. The molecule has 2 heteroatoms. The Labute approximate surface area is 85.0 Å². The van der Waals surface area contributed by atoms with Gasteiger partial charge in [-0.3, -0.25) is 0 Å². The first kappa shape index (κ1) is 12.4. The minimum Gasteiger partial charge on any atom is -0.384 e. The van der Waals surface area contributed by atoms with E-state index in [4.69, 9.17) is 4.74 Å². The number of halogens is 1. The van der Waals surface area contributed by atoms with Crippen molar-refractivity contribution in [2.75, 3.05) is 13.7 Å². The highest BCUT2D eigenvalue weighted by molar-refractivity contribution is 9.09. The van der Waals surface area contributed by atoms with E-state index in [0.717, 1.165) is 6.61 Å². The second-order valence-electron chi connectivity index (χ2n) is 4.51. The van der Waals surface area contributed by atoms with Crippen LogP contribution in [0.1, 0.15) is 40.0 Å². The number of rotatable bonds is 5. The van der Waals surface area contributed by atoms with Gasteiger partial charge in [0, 0.05) is 11.9 Å². The van der Waals surface area contributed by atoms with Crippen molar-refractivity contribution in [3.05, 3.63) is 0 Å². The van der Waals surface area contributed by atoms with Crippen molar-refractivity contribution in [1.29, 1.82) is 0 Å². The zero-order valence-electron chi connectivity index (χ0n) is 8.69. The molecule has 0 radical (unpaired) electrons. The van der Waals surface area contributed by atoms with E-state index >= 15 is 0 Å². The number of hydrogen-bond donors (Lipinski definition) is 0. The molecule has 0 aliphatic heterocycles. The predicted octanol–water partition coefficient (Wildman–Crippen LogP) is 3.61. The molecule has 0 N–H and O–H groups in total. The molecule has 1 nitrogen and oxygen atoms in total. The predicted molar refractivity (Wildman–Crippen MR) is 57.9 cm³/mol. The standard InChI is InChI=1S/C10H21BrO/c1-10(2,3)7-5-6-9(11)8-12-4/h9H,5-8H2,1-4H3. The monoisotopic (exact) mass is 236 g/mol. The minimum atomic E-state index is 0.472. The molecular formula is C10H21BrO. The topological polar surface area (TPSA) is 9.23 Å². The van der Waals surface area contributed by atoms with E-state index in [1.54, 1.807) is 7.11 Å². The first-order valence-electron chi connectivity index (χ1n) is 4.59. The molecule has 0 spiro atoms. The number of alkyl halides is 1. The average Bonchev–Trinajstić information content (AvgIpc) is 1.84. The highest BCUT2D eigenvalue weighted by Gasteiger charge is 2.11. The van der Waals surface area contributed by atoms with Gasteiger partial charge in [-0.05, 0) is 18.3 Å². The van der Waals surface area contributed by atoms with Gasteiger partial charge in [0.05, 0.1) is 6.61 Å². The first-order chi connectivity index (χ1) is 5.45. The number of hydrogen-bond acceptors (Lipinski definition) is 1. The Balaban J connectivity index is 3.31. The Kier molecular flexibility index (Phi) is 6.20. The lowest BCUT2D eigenvalue weighted by atomic mass is 9.89. The molecule has 0 aromatic rings. The molecule has 0 rings (SSSR count). The quantitative estimate of drug-likeness (QED) is 0.663. The molecule has 0 bridgehead atoms. The van der Waals surface area contributed by atoms with Crippen LogP contribution in [0.15, 0.2) is 0 Å². The van der Waals surface area contributed by atoms with Crippen LogP contribution in [0.5, 0.6) is 0 Å².